The second-order valence-corrected chi connectivity index (χ2v) is 2.71. The van der Waals surface area contributed by atoms with Crippen LogP contribution in [0, 0.1) is 17.1 Å². The summed E-state index contributed by atoms with van der Waals surface area (Å²) < 4.78 is 17.7. The van der Waals surface area contributed by atoms with E-state index >= 15 is 0 Å². The molecule has 0 fully saturated rings. The third-order valence-electron chi connectivity index (χ3n) is 1.60. The van der Waals surface area contributed by atoms with Gasteiger partial charge in [0.05, 0.1) is 5.56 Å². The summed E-state index contributed by atoms with van der Waals surface area (Å²) in [7, 11) is 0. The Kier molecular flexibility index (Phi) is 3.19. The van der Waals surface area contributed by atoms with Gasteiger partial charge in [-0.15, -0.1) is 0 Å². The van der Waals surface area contributed by atoms with E-state index in [1.165, 1.54) is 19.1 Å². The maximum absolute atomic E-state index is 13.0. The van der Waals surface area contributed by atoms with E-state index < -0.39 is 11.8 Å². The summed E-state index contributed by atoms with van der Waals surface area (Å²) in [6.45, 7) is 1.30. The van der Waals surface area contributed by atoms with Crippen molar-refractivity contribution in [3.63, 3.8) is 0 Å². The molecule has 0 amide bonds. The molecule has 0 aliphatic rings. The summed E-state index contributed by atoms with van der Waals surface area (Å²) in [5, 5.41) is 8.45. The monoisotopic (exact) mass is 193 g/mol. The Labute approximate surface area is 80.7 Å². The molecule has 0 bridgehead atoms. The molecule has 3 nitrogen and oxygen atoms in total. The first-order valence-electron chi connectivity index (χ1n) is 3.95. The number of esters is 1. The van der Waals surface area contributed by atoms with Crippen LogP contribution in [0.2, 0.25) is 0 Å². The van der Waals surface area contributed by atoms with Gasteiger partial charge >= 0.3 is 5.97 Å². The van der Waals surface area contributed by atoms with Crippen molar-refractivity contribution in [2.45, 2.75) is 13.5 Å². The number of nitrogens with zero attached hydrogens (tertiary/aromatic N) is 1. The van der Waals surface area contributed by atoms with E-state index in [0.29, 0.717) is 5.56 Å². The van der Waals surface area contributed by atoms with Crippen molar-refractivity contribution in [1.82, 2.24) is 0 Å². The van der Waals surface area contributed by atoms with Crippen molar-refractivity contribution in [1.29, 1.82) is 5.26 Å². The van der Waals surface area contributed by atoms with E-state index in [1.54, 1.807) is 12.1 Å². The number of carbonyl (C=O) groups excluding carboxylic acids is 1. The lowest BCUT2D eigenvalue weighted by molar-refractivity contribution is -0.142. The molecule has 4 heteroatoms. The summed E-state index contributed by atoms with van der Waals surface area (Å²) in [6.07, 6.45) is 0. The second-order valence-electron chi connectivity index (χ2n) is 2.71. The van der Waals surface area contributed by atoms with Crippen LogP contribution < -0.4 is 0 Å². The second kappa shape index (κ2) is 4.38. The van der Waals surface area contributed by atoms with Gasteiger partial charge in [0.1, 0.15) is 18.5 Å². The Morgan fingerprint density at radius 3 is 2.86 bits per heavy atom. The lowest BCUT2D eigenvalue weighted by Crippen LogP contribution is -1.99. The normalized spacial score (nSPS) is 9.21. The predicted molar refractivity (Wildman–Crippen MR) is 46.6 cm³/mol. The highest BCUT2D eigenvalue weighted by atomic mass is 19.1. The van der Waals surface area contributed by atoms with Gasteiger partial charge in [-0.25, -0.2) is 4.39 Å². The van der Waals surface area contributed by atoms with Crippen LogP contribution >= 0.6 is 0 Å². The molecular formula is C10H8FNO2. The first-order valence-corrected chi connectivity index (χ1v) is 3.95. The summed E-state index contributed by atoms with van der Waals surface area (Å²) in [6, 6.07) is 5.79. The summed E-state index contributed by atoms with van der Waals surface area (Å²) in [5.74, 6) is -1.02. The summed E-state index contributed by atoms with van der Waals surface area (Å²) >= 11 is 0. The molecule has 0 saturated carbocycles. The molecule has 1 aromatic carbocycles. The van der Waals surface area contributed by atoms with E-state index in [-0.39, 0.29) is 12.2 Å². The van der Waals surface area contributed by atoms with Crippen LogP contribution in [0.25, 0.3) is 0 Å². The third kappa shape index (κ3) is 2.56. The molecule has 14 heavy (non-hydrogen) atoms. The molecule has 0 aliphatic carbocycles. The van der Waals surface area contributed by atoms with Crippen LogP contribution in [-0.2, 0) is 16.1 Å². The van der Waals surface area contributed by atoms with Crippen LogP contribution in [0.4, 0.5) is 4.39 Å². The Balaban J connectivity index is 2.77. The zero-order valence-electron chi connectivity index (χ0n) is 7.58. The van der Waals surface area contributed by atoms with Gasteiger partial charge in [-0.1, -0.05) is 6.07 Å². The van der Waals surface area contributed by atoms with Crippen molar-refractivity contribution in [2.75, 3.05) is 0 Å². The van der Waals surface area contributed by atoms with Gasteiger partial charge in [0.25, 0.3) is 0 Å². The number of benzene rings is 1. The minimum absolute atomic E-state index is 0.0171. The van der Waals surface area contributed by atoms with Crippen LogP contribution in [0.5, 0.6) is 0 Å². The first kappa shape index (κ1) is 10.2. The molecule has 0 aliphatic heterocycles. The molecule has 0 unspecified atom stereocenters. The SMILES string of the molecule is CC(=O)OCc1ccc(C#N)c(F)c1. The molecule has 0 spiro atoms. The van der Waals surface area contributed by atoms with E-state index in [1.807, 2.05) is 0 Å². The molecule has 0 radical (unpaired) electrons. The highest BCUT2D eigenvalue weighted by molar-refractivity contribution is 5.65. The lowest BCUT2D eigenvalue weighted by Gasteiger charge is -2.02. The molecule has 72 valence electrons. The van der Waals surface area contributed by atoms with E-state index in [0.717, 1.165) is 0 Å². The minimum Gasteiger partial charge on any atom is -0.461 e. The van der Waals surface area contributed by atoms with Crippen LogP contribution in [-0.4, -0.2) is 5.97 Å². The van der Waals surface area contributed by atoms with Gasteiger partial charge in [-0.05, 0) is 17.7 Å². The fourth-order valence-electron chi connectivity index (χ4n) is 0.924. The predicted octanol–water partition coefficient (Wildman–Crippen LogP) is 1.76. The van der Waals surface area contributed by atoms with Gasteiger partial charge in [-0.2, -0.15) is 5.26 Å². The van der Waals surface area contributed by atoms with Crippen molar-refractivity contribution in [2.24, 2.45) is 0 Å². The summed E-state index contributed by atoms with van der Waals surface area (Å²) in [4.78, 5) is 10.5. The van der Waals surface area contributed by atoms with Crippen molar-refractivity contribution < 1.29 is 13.9 Å². The highest BCUT2D eigenvalue weighted by Gasteiger charge is 2.03. The number of ether oxygens (including phenoxy) is 1. The molecule has 1 aromatic rings. The maximum Gasteiger partial charge on any atom is 0.302 e. The van der Waals surface area contributed by atoms with Crippen molar-refractivity contribution in [3.8, 4) is 6.07 Å². The number of hydrogen-bond acceptors (Lipinski definition) is 3. The number of rotatable bonds is 2. The Morgan fingerprint density at radius 2 is 2.36 bits per heavy atom. The fourth-order valence-corrected chi connectivity index (χ4v) is 0.924. The van der Waals surface area contributed by atoms with E-state index in [2.05, 4.69) is 4.74 Å². The molecular weight excluding hydrogens is 185 g/mol. The standard InChI is InChI=1S/C10H8FNO2/c1-7(13)14-6-8-2-3-9(5-12)10(11)4-8/h2-4H,6H2,1H3. The molecule has 1 rings (SSSR count). The largest absolute Gasteiger partial charge is 0.461 e. The van der Waals surface area contributed by atoms with Crippen molar-refractivity contribution >= 4 is 5.97 Å². The molecule has 0 N–H and O–H groups in total. The Hall–Kier alpha value is -1.89. The average Bonchev–Trinajstić information content (AvgIpc) is 2.15. The van der Waals surface area contributed by atoms with Crippen LogP contribution in [0.15, 0.2) is 18.2 Å². The zero-order valence-corrected chi connectivity index (χ0v) is 7.58. The number of hydrogen-bond donors (Lipinski definition) is 0. The minimum atomic E-state index is -0.600. The Bertz CT molecular complexity index is 396. The fraction of sp³-hybridized carbons (Fsp3) is 0.200. The third-order valence-corrected chi connectivity index (χ3v) is 1.60. The van der Waals surface area contributed by atoms with Gasteiger partial charge in [0.15, 0.2) is 0 Å². The van der Waals surface area contributed by atoms with Crippen LogP contribution in [0.3, 0.4) is 0 Å². The lowest BCUT2D eigenvalue weighted by atomic mass is 10.1. The highest BCUT2D eigenvalue weighted by Crippen LogP contribution is 2.10. The number of carbonyl (C=O) groups is 1. The van der Waals surface area contributed by atoms with E-state index in [4.69, 9.17) is 5.26 Å². The number of halogens is 1. The van der Waals surface area contributed by atoms with Crippen molar-refractivity contribution in [3.05, 3.63) is 35.1 Å². The summed E-state index contributed by atoms with van der Waals surface area (Å²) in [5.41, 5.74) is 0.508. The van der Waals surface area contributed by atoms with Crippen LogP contribution in [0.1, 0.15) is 18.1 Å². The van der Waals surface area contributed by atoms with Gasteiger partial charge in [0, 0.05) is 6.92 Å². The topological polar surface area (TPSA) is 50.1 Å². The maximum atomic E-state index is 13.0. The van der Waals surface area contributed by atoms with Gasteiger partial charge in [-0.3, -0.25) is 4.79 Å². The molecule has 0 atom stereocenters. The van der Waals surface area contributed by atoms with Gasteiger partial charge in [0.2, 0.25) is 0 Å². The zero-order chi connectivity index (χ0) is 10.6. The average molecular weight is 193 g/mol. The molecule has 0 aromatic heterocycles. The van der Waals surface area contributed by atoms with Gasteiger partial charge < -0.3 is 4.74 Å². The quantitative estimate of drug-likeness (QED) is 0.672. The smallest absolute Gasteiger partial charge is 0.302 e. The Morgan fingerprint density at radius 1 is 1.64 bits per heavy atom. The molecule has 0 heterocycles. The first-order chi connectivity index (χ1) is 6.63. The molecule has 0 saturated heterocycles. The van der Waals surface area contributed by atoms with E-state index in [9.17, 15) is 9.18 Å². The number of nitriles is 1.